The van der Waals surface area contributed by atoms with Crippen molar-refractivity contribution in [2.45, 2.75) is 6.54 Å². The Kier molecular flexibility index (Phi) is 4.06. The van der Waals surface area contributed by atoms with E-state index >= 15 is 0 Å². The monoisotopic (exact) mass is 281 g/mol. The topological polar surface area (TPSA) is 60.2 Å². The molecule has 0 saturated heterocycles. The van der Waals surface area contributed by atoms with Crippen LogP contribution >= 0.6 is 11.6 Å². The maximum Gasteiger partial charge on any atom is 0.213 e. The van der Waals surface area contributed by atoms with Crippen LogP contribution in [0.4, 0.5) is 15.8 Å². The summed E-state index contributed by atoms with van der Waals surface area (Å²) in [7, 11) is 1.55. The quantitative estimate of drug-likeness (QED) is 0.846. The van der Waals surface area contributed by atoms with Gasteiger partial charge in [0, 0.05) is 24.9 Å². The van der Waals surface area contributed by atoms with Gasteiger partial charge in [0.05, 0.1) is 23.5 Å². The number of nitrogens with two attached hydrogens (primary N) is 1. The number of hydrogen-bond acceptors (Lipinski definition) is 4. The first-order valence-electron chi connectivity index (χ1n) is 5.57. The Morgan fingerprint density at radius 1 is 1.42 bits per heavy atom. The van der Waals surface area contributed by atoms with Crippen molar-refractivity contribution in [2.75, 3.05) is 18.2 Å². The lowest BCUT2D eigenvalue weighted by Crippen LogP contribution is -2.03. The van der Waals surface area contributed by atoms with Crippen LogP contribution in [0.15, 0.2) is 30.5 Å². The highest BCUT2D eigenvalue weighted by atomic mass is 35.5. The van der Waals surface area contributed by atoms with Crippen LogP contribution in [-0.4, -0.2) is 12.1 Å². The van der Waals surface area contributed by atoms with Gasteiger partial charge in [0.1, 0.15) is 5.82 Å². The van der Waals surface area contributed by atoms with Crippen LogP contribution < -0.4 is 15.8 Å². The highest BCUT2D eigenvalue weighted by molar-refractivity contribution is 6.31. The molecule has 19 heavy (non-hydrogen) atoms. The number of halogens is 2. The minimum Gasteiger partial charge on any atom is -0.481 e. The molecule has 0 fully saturated rings. The zero-order valence-electron chi connectivity index (χ0n) is 10.3. The van der Waals surface area contributed by atoms with Gasteiger partial charge in [-0.25, -0.2) is 9.37 Å². The Balaban J connectivity index is 2.12. The molecule has 4 nitrogen and oxygen atoms in total. The molecule has 0 bridgehead atoms. The van der Waals surface area contributed by atoms with E-state index in [2.05, 4.69) is 10.3 Å². The molecule has 3 N–H and O–H groups in total. The minimum atomic E-state index is -0.509. The Bertz CT molecular complexity index is 592. The average Bonchev–Trinajstić information content (AvgIpc) is 2.41. The van der Waals surface area contributed by atoms with Crippen molar-refractivity contribution in [3.63, 3.8) is 0 Å². The fourth-order valence-corrected chi connectivity index (χ4v) is 1.76. The number of rotatable bonds is 4. The highest BCUT2D eigenvalue weighted by Crippen LogP contribution is 2.26. The SMILES string of the molecule is COc1cc(CNc2cc(F)c(Cl)cc2N)ccn1. The predicted octanol–water partition coefficient (Wildman–Crippen LogP) is 3.08. The second kappa shape index (κ2) is 5.75. The second-order valence-corrected chi connectivity index (χ2v) is 4.32. The van der Waals surface area contributed by atoms with Crippen molar-refractivity contribution in [2.24, 2.45) is 0 Å². The number of hydrogen-bond donors (Lipinski definition) is 2. The summed E-state index contributed by atoms with van der Waals surface area (Å²) in [4.78, 5) is 4.00. The normalized spacial score (nSPS) is 10.3. The van der Waals surface area contributed by atoms with E-state index in [-0.39, 0.29) is 5.02 Å². The van der Waals surface area contributed by atoms with Crippen LogP contribution in [0.2, 0.25) is 5.02 Å². The molecular weight excluding hydrogens is 269 g/mol. The van der Waals surface area contributed by atoms with Crippen LogP contribution in [0, 0.1) is 5.82 Å². The average molecular weight is 282 g/mol. The van der Waals surface area contributed by atoms with Crippen molar-refractivity contribution < 1.29 is 9.13 Å². The second-order valence-electron chi connectivity index (χ2n) is 3.91. The number of nitrogens with zero attached hydrogens (tertiary/aromatic N) is 1. The molecule has 1 aromatic heterocycles. The number of anilines is 2. The number of pyridine rings is 1. The van der Waals surface area contributed by atoms with Gasteiger partial charge < -0.3 is 15.8 Å². The van der Waals surface area contributed by atoms with Gasteiger partial charge in [-0.3, -0.25) is 0 Å². The Morgan fingerprint density at radius 3 is 2.95 bits per heavy atom. The Morgan fingerprint density at radius 2 is 2.21 bits per heavy atom. The smallest absolute Gasteiger partial charge is 0.213 e. The first-order chi connectivity index (χ1) is 9.10. The van der Waals surface area contributed by atoms with E-state index in [1.807, 2.05) is 6.07 Å². The third kappa shape index (κ3) is 3.26. The molecule has 0 aliphatic heterocycles. The molecule has 0 spiro atoms. The van der Waals surface area contributed by atoms with Crippen LogP contribution in [-0.2, 0) is 6.54 Å². The summed E-state index contributed by atoms with van der Waals surface area (Å²) in [5, 5.41) is 3.05. The summed E-state index contributed by atoms with van der Waals surface area (Å²) in [6.45, 7) is 0.476. The summed E-state index contributed by atoms with van der Waals surface area (Å²) < 4.78 is 18.4. The van der Waals surface area contributed by atoms with Crippen molar-refractivity contribution in [1.82, 2.24) is 4.98 Å². The highest BCUT2D eigenvalue weighted by Gasteiger charge is 2.06. The summed E-state index contributed by atoms with van der Waals surface area (Å²) >= 11 is 5.64. The van der Waals surface area contributed by atoms with Crippen molar-refractivity contribution in [3.8, 4) is 5.88 Å². The van der Waals surface area contributed by atoms with Crippen molar-refractivity contribution >= 4 is 23.0 Å². The molecule has 0 unspecified atom stereocenters. The number of methoxy groups -OCH3 is 1. The molecular formula is C13H13ClFN3O. The van der Waals surface area contributed by atoms with Gasteiger partial charge in [0.15, 0.2) is 0 Å². The Hall–Kier alpha value is -2.01. The fraction of sp³-hybridized carbons (Fsp3) is 0.154. The number of nitrogens with one attached hydrogen (secondary N) is 1. The third-order valence-electron chi connectivity index (χ3n) is 2.58. The van der Waals surface area contributed by atoms with Gasteiger partial charge in [0.25, 0.3) is 0 Å². The maximum atomic E-state index is 13.3. The number of nitrogen functional groups attached to an aromatic ring is 1. The number of ether oxygens (including phenoxy) is 1. The number of benzene rings is 1. The van der Waals surface area contributed by atoms with Crippen LogP contribution in [0.1, 0.15) is 5.56 Å². The lowest BCUT2D eigenvalue weighted by molar-refractivity contribution is 0.397. The number of aromatic nitrogens is 1. The van der Waals surface area contributed by atoms with E-state index in [4.69, 9.17) is 22.1 Å². The van der Waals surface area contributed by atoms with Crippen LogP contribution in [0.5, 0.6) is 5.88 Å². The third-order valence-corrected chi connectivity index (χ3v) is 2.87. The maximum absolute atomic E-state index is 13.3. The lowest BCUT2D eigenvalue weighted by Gasteiger charge is -2.10. The van der Waals surface area contributed by atoms with E-state index in [9.17, 15) is 4.39 Å². The summed E-state index contributed by atoms with van der Waals surface area (Å²) in [5.74, 6) is 0.0141. The molecule has 0 radical (unpaired) electrons. The van der Waals surface area contributed by atoms with Gasteiger partial charge in [-0.1, -0.05) is 11.6 Å². The van der Waals surface area contributed by atoms with Crippen molar-refractivity contribution in [3.05, 3.63) is 46.9 Å². The summed E-state index contributed by atoms with van der Waals surface area (Å²) in [6.07, 6.45) is 1.64. The van der Waals surface area contributed by atoms with E-state index in [0.717, 1.165) is 5.56 Å². The molecule has 1 aromatic carbocycles. The largest absolute Gasteiger partial charge is 0.481 e. The lowest BCUT2D eigenvalue weighted by atomic mass is 10.2. The fourth-order valence-electron chi connectivity index (χ4n) is 1.58. The van der Waals surface area contributed by atoms with Gasteiger partial charge in [-0.05, 0) is 17.7 Å². The molecule has 0 amide bonds. The van der Waals surface area contributed by atoms with E-state index in [1.54, 1.807) is 19.4 Å². The van der Waals surface area contributed by atoms with E-state index in [1.165, 1.54) is 12.1 Å². The van der Waals surface area contributed by atoms with E-state index < -0.39 is 5.82 Å². The first kappa shape index (κ1) is 13.4. The summed E-state index contributed by atoms with van der Waals surface area (Å²) in [6, 6.07) is 6.27. The Labute approximate surface area is 115 Å². The van der Waals surface area contributed by atoms with Gasteiger partial charge >= 0.3 is 0 Å². The van der Waals surface area contributed by atoms with Crippen molar-refractivity contribution in [1.29, 1.82) is 0 Å². The zero-order valence-corrected chi connectivity index (χ0v) is 11.0. The summed E-state index contributed by atoms with van der Waals surface area (Å²) in [5.41, 5.74) is 7.60. The first-order valence-corrected chi connectivity index (χ1v) is 5.95. The standard InChI is InChI=1S/C13H13ClFN3O/c1-19-13-4-8(2-3-17-13)7-18-12-6-10(15)9(14)5-11(12)16/h2-6,18H,7,16H2,1H3. The predicted molar refractivity (Wildman–Crippen MR) is 73.9 cm³/mol. The molecule has 0 saturated carbocycles. The molecule has 1 heterocycles. The minimum absolute atomic E-state index is 0.00799. The zero-order chi connectivity index (χ0) is 13.8. The molecule has 0 aliphatic carbocycles. The van der Waals surface area contributed by atoms with Crippen LogP contribution in [0.3, 0.4) is 0 Å². The molecule has 2 aromatic rings. The molecule has 0 aliphatic rings. The molecule has 6 heteroatoms. The molecule has 0 atom stereocenters. The van der Waals surface area contributed by atoms with Crippen LogP contribution in [0.25, 0.3) is 0 Å². The molecule has 100 valence electrons. The van der Waals surface area contributed by atoms with E-state index in [0.29, 0.717) is 23.8 Å². The van der Waals surface area contributed by atoms with Gasteiger partial charge in [0.2, 0.25) is 5.88 Å². The molecule has 2 rings (SSSR count). The van der Waals surface area contributed by atoms with Gasteiger partial charge in [-0.2, -0.15) is 0 Å². The van der Waals surface area contributed by atoms with Gasteiger partial charge in [-0.15, -0.1) is 0 Å².